The van der Waals surface area contributed by atoms with Crippen molar-refractivity contribution < 1.29 is 22.4 Å². The summed E-state index contributed by atoms with van der Waals surface area (Å²) in [7, 11) is 0. The second-order valence-corrected chi connectivity index (χ2v) is 4.49. The van der Waals surface area contributed by atoms with Gasteiger partial charge in [-0.1, -0.05) is 13.8 Å². The molecule has 1 N–H and O–H groups in total. The lowest BCUT2D eigenvalue weighted by atomic mass is 9.95. The van der Waals surface area contributed by atoms with Gasteiger partial charge >= 0.3 is 0 Å². The van der Waals surface area contributed by atoms with Gasteiger partial charge in [-0.2, -0.15) is 0 Å². The predicted octanol–water partition coefficient (Wildman–Crippen LogP) is 2.92. The number of hydrogen-bond donors (Lipinski definition) is 1. The first kappa shape index (κ1) is 16.6. The van der Waals surface area contributed by atoms with Crippen LogP contribution in [0.1, 0.15) is 31.9 Å². The van der Waals surface area contributed by atoms with Crippen LogP contribution in [0, 0.1) is 23.3 Å². The van der Waals surface area contributed by atoms with Gasteiger partial charge in [-0.25, -0.2) is 17.6 Å². The molecule has 0 saturated carbocycles. The Morgan fingerprint density at radius 1 is 1.00 bits per heavy atom. The van der Waals surface area contributed by atoms with E-state index in [4.69, 9.17) is 0 Å². The number of likely N-dealkylation sites (N-methyl/N-ethyl adjacent to an activating group) is 1. The standard InChI is InChI=1S/C14H17F4NO/c1-4-8-9(6-10(7(3)20)19-5-2)12(16)14(18)13(17)11(8)15/h10,19H,4-6H2,1-3H3/t10-/m0/s1. The summed E-state index contributed by atoms with van der Waals surface area (Å²) in [5, 5.41) is 2.81. The molecule has 0 aromatic heterocycles. The molecular weight excluding hydrogens is 274 g/mol. The average molecular weight is 291 g/mol. The van der Waals surface area contributed by atoms with Gasteiger partial charge in [0.2, 0.25) is 0 Å². The van der Waals surface area contributed by atoms with Gasteiger partial charge in [-0.15, -0.1) is 0 Å². The minimum Gasteiger partial charge on any atom is -0.307 e. The number of ketones is 1. The first-order chi connectivity index (χ1) is 9.34. The van der Waals surface area contributed by atoms with Crippen LogP contribution in [0.4, 0.5) is 17.6 Å². The summed E-state index contributed by atoms with van der Waals surface area (Å²) in [5.41, 5.74) is -0.518. The molecule has 0 aliphatic rings. The molecule has 20 heavy (non-hydrogen) atoms. The fraction of sp³-hybridized carbons (Fsp3) is 0.500. The maximum atomic E-state index is 13.8. The molecule has 0 fully saturated rings. The predicted molar refractivity (Wildman–Crippen MR) is 67.5 cm³/mol. The summed E-state index contributed by atoms with van der Waals surface area (Å²) >= 11 is 0. The smallest absolute Gasteiger partial charge is 0.197 e. The number of nitrogens with one attached hydrogen (secondary N) is 1. The van der Waals surface area contributed by atoms with Crippen LogP contribution in [0.25, 0.3) is 0 Å². The molecule has 1 aromatic rings. The lowest BCUT2D eigenvalue weighted by Crippen LogP contribution is -2.37. The maximum absolute atomic E-state index is 13.8. The molecule has 2 nitrogen and oxygen atoms in total. The Bertz CT molecular complexity index is 517. The minimum atomic E-state index is -1.84. The van der Waals surface area contributed by atoms with Crippen molar-refractivity contribution >= 4 is 5.78 Å². The second kappa shape index (κ2) is 6.83. The molecule has 1 aromatic carbocycles. The van der Waals surface area contributed by atoms with Crippen molar-refractivity contribution in [2.75, 3.05) is 6.54 Å². The number of rotatable bonds is 6. The van der Waals surface area contributed by atoms with Gasteiger partial charge in [0.05, 0.1) is 6.04 Å². The van der Waals surface area contributed by atoms with E-state index in [2.05, 4.69) is 5.32 Å². The topological polar surface area (TPSA) is 29.1 Å². The van der Waals surface area contributed by atoms with Crippen molar-refractivity contribution in [3.05, 3.63) is 34.4 Å². The SMILES string of the molecule is CCN[C@@H](Cc1c(F)c(F)c(F)c(F)c1CC)C(C)=O. The van der Waals surface area contributed by atoms with E-state index >= 15 is 0 Å². The lowest BCUT2D eigenvalue weighted by molar-refractivity contribution is -0.118. The van der Waals surface area contributed by atoms with E-state index in [1.165, 1.54) is 13.8 Å². The highest BCUT2D eigenvalue weighted by Gasteiger charge is 2.26. The van der Waals surface area contributed by atoms with Crippen LogP contribution in [0.2, 0.25) is 0 Å². The van der Waals surface area contributed by atoms with Crippen LogP contribution in [0.3, 0.4) is 0 Å². The number of hydrogen-bond acceptors (Lipinski definition) is 2. The zero-order valence-electron chi connectivity index (χ0n) is 11.6. The van der Waals surface area contributed by atoms with Crippen molar-refractivity contribution in [2.24, 2.45) is 0 Å². The highest BCUT2D eigenvalue weighted by Crippen LogP contribution is 2.26. The van der Waals surface area contributed by atoms with E-state index in [1.54, 1.807) is 6.92 Å². The van der Waals surface area contributed by atoms with Crippen molar-refractivity contribution in [1.29, 1.82) is 0 Å². The molecule has 112 valence electrons. The van der Waals surface area contributed by atoms with E-state index in [-0.39, 0.29) is 29.8 Å². The van der Waals surface area contributed by atoms with Crippen molar-refractivity contribution in [2.45, 2.75) is 39.7 Å². The lowest BCUT2D eigenvalue weighted by Gasteiger charge is -2.18. The summed E-state index contributed by atoms with van der Waals surface area (Å²) < 4.78 is 54.0. The monoisotopic (exact) mass is 291 g/mol. The Labute approximate surface area is 115 Å². The highest BCUT2D eigenvalue weighted by molar-refractivity contribution is 5.81. The first-order valence-electron chi connectivity index (χ1n) is 6.42. The van der Waals surface area contributed by atoms with Gasteiger partial charge in [0.1, 0.15) is 5.78 Å². The molecule has 0 amide bonds. The molecule has 0 aliphatic carbocycles. The normalized spacial score (nSPS) is 12.6. The largest absolute Gasteiger partial charge is 0.307 e. The Morgan fingerprint density at radius 3 is 1.90 bits per heavy atom. The molecule has 0 bridgehead atoms. The number of benzene rings is 1. The summed E-state index contributed by atoms with van der Waals surface area (Å²) in [5.74, 6) is -6.75. The Hall–Kier alpha value is -1.43. The van der Waals surface area contributed by atoms with Gasteiger partial charge < -0.3 is 5.32 Å². The number of Topliss-reactive ketones (excluding diaryl/α,β-unsaturated/α-hetero) is 1. The third-order valence-corrected chi connectivity index (χ3v) is 3.18. The minimum absolute atomic E-state index is 0.00599. The summed E-state index contributed by atoms with van der Waals surface area (Å²) in [6.45, 7) is 5.00. The zero-order valence-corrected chi connectivity index (χ0v) is 11.6. The summed E-state index contributed by atoms with van der Waals surface area (Å²) in [6, 6.07) is -0.760. The Balaban J connectivity index is 3.32. The van der Waals surface area contributed by atoms with E-state index in [9.17, 15) is 22.4 Å². The van der Waals surface area contributed by atoms with Crippen LogP contribution < -0.4 is 5.32 Å². The summed E-state index contributed by atoms with van der Waals surface area (Å²) in [6.07, 6.45) is -0.210. The number of carbonyl (C=O) groups excluding carboxylic acids is 1. The number of carbonyl (C=O) groups is 1. The maximum Gasteiger partial charge on any atom is 0.197 e. The van der Waals surface area contributed by atoms with Gasteiger partial charge in [0, 0.05) is 0 Å². The second-order valence-electron chi connectivity index (χ2n) is 4.49. The van der Waals surface area contributed by atoms with Crippen LogP contribution >= 0.6 is 0 Å². The summed E-state index contributed by atoms with van der Waals surface area (Å²) in [4.78, 5) is 11.4. The van der Waals surface area contributed by atoms with Gasteiger partial charge in [-0.3, -0.25) is 4.79 Å². The zero-order chi connectivity index (χ0) is 15.4. The van der Waals surface area contributed by atoms with Crippen LogP contribution in [0.15, 0.2) is 0 Å². The van der Waals surface area contributed by atoms with Crippen LogP contribution in [-0.4, -0.2) is 18.4 Å². The molecule has 1 atom stereocenters. The fourth-order valence-electron chi connectivity index (χ4n) is 2.11. The Morgan fingerprint density at radius 2 is 1.50 bits per heavy atom. The van der Waals surface area contributed by atoms with Crippen molar-refractivity contribution in [3.8, 4) is 0 Å². The highest BCUT2D eigenvalue weighted by atomic mass is 19.2. The molecule has 1 rings (SSSR count). The van der Waals surface area contributed by atoms with Crippen molar-refractivity contribution in [1.82, 2.24) is 5.32 Å². The van der Waals surface area contributed by atoms with Crippen LogP contribution in [-0.2, 0) is 17.6 Å². The molecule has 0 unspecified atom stereocenters. The van der Waals surface area contributed by atoms with Gasteiger partial charge in [0.25, 0.3) is 0 Å². The van der Waals surface area contributed by atoms with Crippen LogP contribution in [0.5, 0.6) is 0 Å². The molecule has 0 radical (unpaired) electrons. The average Bonchev–Trinajstić information content (AvgIpc) is 2.41. The molecule has 0 heterocycles. The number of halogens is 4. The molecule has 0 aliphatic heterocycles. The molecular formula is C14H17F4NO. The fourth-order valence-corrected chi connectivity index (χ4v) is 2.11. The molecule has 0 spiro atoms. The van der Waals surface area contributed by atoms with Gasteiger partial charge in [-0.05, 0) is 37.4 Å². The van der Waals surface area contributed by atoms with E-state index < -0.39 is 29.3 Å². The third-order valence-electron chi connectivity index (χ3n) is 3.18. The van der Waals surface area contributed by atoms with E-state index in [1.807, 2.05) is 0 Å². The van der Waals surface area contributed by atoms with Gasteiger partial charge in [0.15, 0.2) is 23.3 Å². The van der Waals surface area contributed by atoms with Crippen molar-refractivity contribution in [3.63, 3.8) is 0 Å². The Kier molecular flexibility index (Phi) is 5.68. The van der Waals surface area contributed by atoms with E-state index in [0.717, 1.165) is 0 Å². The molecule has 0 saturated heterocycles. The van der Waals surface area contributed by atoms with E-state index in [0.29, 0.717) is 6.54 Å². The first-order valence-corrected chi connectivity index (χ1v) is 6.42. The third kappa shape index (κ3) is 3.17. The molecule has 6 heteroatoms. The quantitative estimate of drug-likeness (QED) is 0.496.